The number of rotatable bonds is 3. The molecule has 1 N–H and O–H groups in total. The SMILES string of the molecule is CCONC(=O)CF. The van der Waals surface area contributed by atoms with E-state index in [0.717, 1.165) is 0 Å². The van der Waals surface area contributed by atoms with Crippen LogP contribution in [0.5, 0.6) is 0 Å². The molecule has 0 aliphatic heterocycles. The molecule has 3 nitrogen and oxygen atoms in total. The summed E-state index contributed by atoms with van der Waals surface area (Å²) in [6, 6.07) is 0. The van der Waals surface area contributed by atoms with E-state index in [1.54, 1.807) is 6.92 Å². The van der Waals surface area contributed by atoms with Crippen LogP contribution < -0.4 is 5.48 Å². The van der Waals surface area contributed by atoms with E-state index in [2.05, 4.69) is 4.84 Å². The number of nitrogens with one attached hydrogen (secondary N) is 1. The molecular weight excluding hydrogens is 113 g/mol. The number of hydrogen-bond acceptors (Lipinski definition) is 2. The van der Waals surface area contributed by atoms with Crippen molar-refractivity contribution in [3.63, 3.8) is 0 Å². The molecule has 0 fully saturated rings. The first-order chi connectivity index (χ1) is 3.81. The molecular formula is C4H8FNO2. The van der Waals surface area contributed by atoms with E-state index in [4.69, 9.17) is 0 Å². The summed E-state index contributed by atoms with van der Waals surface area (Å²) in [5, 5.41) is 0. The van der Waals surface area contributed by atoms with Crippen molar-refractivity contribution >= 4 is 5.91 Å². The van der Waals surface area contributed by atoms with E-state index in [1.165, 1.54) is 0 Å². The van der Waals surface area contributed by atoms with E-state index >= 15 is 0 Å². The molecule has 0 aromatic rings. The molecule has 4 heteroatoms. The van der Waals surface area contributed by atoms with Crippen LogP contribution in [0.2, 0.25) is 0 Å². The van der Waals surface area contributed by atoms with Gasteiger partial charge in [0.15, 0.2) is 6.67 Å². The summed E-state index contributed by atoms with van der Waals surface area (Å²) in [5.41, 5.74) is 1.87. The van der Waals surface area contributed by atoms with E-state index in [9.17, 15) is 9.18 Å². The lowest BCUT2D eigenvalue weighted by atomic mass is 10.7. The van der Waals surface area contributed by atoms with Gasteiger partial charge in [-0.15, -0.1) is 0 Å². The Labute approximate surface area is 46.8 Å². The summed E-state index contributed by atoms with van der Waals surface area (Å²) >= 11 is 0. The lowest BCUT2D eigenvalue weighted by Crippen LogP contribution is -2.24. The van der Waals surface area contributed by atoms with Crippen molar-refractivity contribution < 1.29 is 14.0 Å². The van der Waals surface area contributed by atoms with Gasteiger partial charge in [0, 0.05) is 0 Å². The van der Waals surface area contributed by atoms with Gasteiger partial charge < -0.3 is 0 Å². The standard InChI is InChI=1S/C4H8FNO2/c1-2-8-6-4(7)3-5/h2-3H2,1H3,(H,6,7). The summed E-state index contributed by atoms with van der Waals surface area (Å²) < 4.78 is 11.2. The second kappa shape index (κ2) is 4.52. The molecule has 0 spiro atoms. The molecule has 0 rings (SSSR count). The number of hydrogen-bond donors (Lipinski definition) is 1. The Hall–Kier alpha value is -0.640. The van der Waals surface area contributed by atoms with Gasteiger partial charge in [-0.2, -0.15) is 0 Å². The zero-order chi connectivity index (χ0) is 6.41. The van der Waals surface area contributed by atoms with Crippen LogP contribution in [-0.4, -0.2) is 19.2 Å². The first-order valence-electron chi connectivity index (χ1n) is 2.27. The molecule has 1 amide bonds. The van der Waals surface area contributed by atoms with Crippen molar-refractivity contribution in [1.29, 1.82) is 0 Å². The van der Waals surface area contributed by atoms with E-state index in [0.29, 0.717) is 6.61 Å². The quantitative estimate of drug-likeness (QED) is 0.535. The van der Waals surface area contributed by atoms with E-state index < -0.39 is 12.6 Å². The van der Waals surface area contributed by atoms with E-state index in [1.807, 2.05) is 5.48 Å². The topological polar surface area (TPSA) is 38.3 Å². The molecule has 0 unspecified atom stereocenters. The van der Waals surface area contributed by atoms with E-state index in [-0.39, 0.29) is 0 Å². The lowest BCUT2D eigenvalue weighted by Gasteiger charge is -1.97. The Kier molecular flexibility index (Phi) is 4.16. The predicted octanol–water partition coefficient (Wildman–Crippen LogP) is 0.0236. The average Bonchev–Trinajstić information content (AvgIpc) is 1.83. The molecule has 0 atom stereocenters. The molecule has 0 saturated carbocycles. The highest BCUT2D eigenvalue weighted by atomic mass is 19.1. The third kappa shape index (κ3) is 3.55. The van der Waals surface area contributed by atoms with Gasteiger partial charge >= 0.3 is 0 Å². The normalized spacial score (nSPS) is 8.75. The van der Waals surface area contributed by atoms with Crippen molar-refractivity contribution in [3.05, 3.63) is 0 Å². The molecule has 8 heavy (non-hydrogen) atoms. The van der Waals surface area contributed by atoms with Crippen molar-refractivity contribution in [3.8, 4) is 0 Å². The Balaban J connectivity index is 2.99. The summed E-state index contributed by atoms with van der Waals surface area (Å²) in [5.74, 6) is -0.744. The van der Waals surface area contributed by atoms with Crippen LogP contribution >= 0.6 is 0 Å². The molecule has 0 aliphatic carbocycles. The number of hydroxylamine groups is 1. The van der Waals surface area contributed by atoms with Gasteiger partial charge in [-0.3, -0.25) is 9.63 Å². The smallest absolute Gasteiger partial charge is 0.274 e. The second-order valence-electron chi connectivity index (χ2n) is 1.09. The van der Waals surface area contributed by atoms with Gasteiger partial charge in [0.1, 0.15) is 0 Å². The molecule has 0 heterocycles. The van der Waals surface area contributed by atoms with Gasteiger partial charge in [-0.25, -0.2) is 9.87 Å². The lowest BCUT2D eigenvalue weighted by molar-refractivity contribution is -0.134. The Morgan fingerprint density at radius 3 is 2.88 bits per heavy atom. The zero-order valence-corrected chi connectivity index (χ0v) is 4.61. The number of amides is 1. The van der Waals surface area contributed by atoms with Gasteiger partial charge in [0.2, 0.25) is 0 Å². The molecule has 0 saturated heterocycles. The largest absolute Gasteiger partial charge is 0.274 e. The van der Waals surface area contributed by atoms with Crippen LogP contribution in [0.25, 0.3) is 0 Å². The summed E-state index contributed by atoms with van der Waals surface area (Å²) in [4.78, 5) is 14.3. The predicted molar refractivity (Wildman–Crippen MR) is 25.7 cm³/mol. The van der Waals surface area contributed by atoms with Crippen LogP contribution in [0, 0.1) is 0 Å². The highest BCUT2D eigenvalue weighted by Gasteiger charge is 1.94. The molecule has 48 valence electrons. The third-order valence-electron chi connectivity index (χ3n) is 0.452. The number of carbonyl (C=O) groups is 1. The minimum atomic E-state index is -1.03. The Morgan fingerprint density at radius 2 is 2.50 bits per heavy atom. The van der Waals surface area contributed by atoms with Gasteiger partial charge in [-0.05, 0) is 6.92 Å². The maximum atomic E-state index is 11.2. The number of carbonyl (C=O) groups excluding carboxylic acids is 1. The molecule has 0 aromatic heterocycles. The fraction of sp³-hybridized carbons (Fsp3) is 0.750. The average molecular weight is 121 g/mol. The first-order valence-corrected chi connectivity index (χ1v) is 2.27. The number of halogens is 1. The van der Waals surface area contributed by atoms with Crippen molar-refractivity contribution in [1.82, 2.24) is 5.48 Å². The van der Waals surface area contributed by atoms with Crippen molar-refractivity contribution in [2.75, 3.05) is 13.3 Å². The Morgan fingerprint density at radius 1 is 1.88 bits per heavy atom. The second-order valence-corrected chi connectivity index (χ2v) is 1.09. The molecule has 0 aliphatic rings. The fourth-order valence-corrected chi connectivity index (χ4v) is 0.180. The summed E-state index contributed by atoms with van der Waals surface area (Å²) in [6.07, 6.45) is 0. The molecule has 0 radical (unpaired) electrons. The van der Waals surface area contributed by atoms with Crippen LogP contribution in [-0.2, 0) is 9.63 Å². The monoisotopic (exact) mass is 121 g/mol. The highest BCUT2D eigenvalue weighted by molar-refractivity contribution is 5.75. The maximum Gasteiger partial charge on any atom is 0.274 e. The minimum Gasteiger partial charge on any atom is -0.274 e. The fourth-order valence-electron chi connectivity index (χ4n) is 0.180. The van der Waals surface area contributed by atoms with Crippen LogP contribution in [0.4, 0.5) is 4.39 Å². The van der Waals surface area contributed by atoms with Gasteiger partial charge in [0.25, 0.3) is 5.91 Å². The van der Waals surface area contributed by atoms with Crippen molar-refractivity contribution in [2.45, 2.75) is 6.92 Å². The van der Waals surface area contributed by atoms with Crippen LogP contribution in [0.15, 0.2) is 0 Å². The minimum absolute atomic E-state index is 0.353. The Bertz CT molecular complexity index is 76.4. The zero-order valence-electron chi connectivity index (χ0n) is 4.61. The summed E-state index contributed by atoms with van der Waals surface area (Å²) in [6.45, 7) is 1.02. The van der Waals surface area contributed by atoms with Crippen molar-refractivity contribution in [2.24, 2.45) is 0 Å². The first kappa shape index (κ1) is 7.36. The maximum absolute atomic E-state index is 11.2. The van der Waals surface area contributed by atoms with Crippen LogP contribution in [0.3, 0.4) is 0 Å². The van der Waals surface area contributed by atoms with Gasteiger partial charge in [0.05, 0.1) is 6.61 Å². The molecule has 0 aromatic carbocycles. The van der Waals surface area contributed by atoms with Gasteiger partial charge in [-0.1, -0.05) is 0 Å². The third-order valence-corrected chi connectivity index (χ3v) is 0.452. The highest BCUT2D eigenvalue weighted by Crippen LogP contribution is 1.68. The molecule has 0 bridgehead atoms. The van der Waals surface area contributed by atoms with Crippen LogP contribution in [0.1, 0.15) is 6.92 Å². The number of alkyl halides is 1. The summed E-state index contributed by atoms with van der Waals surface area (Å²) in [7, 11) is 0.